The summed E-state index contributed by atoms with van der Waals surface area (Å²) in [4.78, 5) is 25.0. The number of aryl methyl sites for hydroxylation is 2. The second kappa shape index (κ2) is 6.95. The fourth-order valence-corrected chi connectivity index (χ4v) is 4.08. The van der Waals surface area contributed by atoms with E-state index >= 15 is 0 Å². The smallest absolute Gasteiger partial charge is 0.339 e. The van der Waals surface area contributed by atoms with Gasteiger partial charge in [0.25, 0.3) is 0 Å². The lowest BCUT2D eigenvalue weighted by atomic mass is 9.90. The molecule has 1 aromatic heterocycles. The molecule has 0 bridgehead atoms. The van der Waals surface area contributed by atoms with Gasteiger partial charge in [0.15, 0.2) is 23.9 Å². The van der Waals surface area contributed by atoms with E-state index < -0.39 is 0 Å². The molecule has 0 saturated carbocycles. The van der Waals surface area contributed by atoms with Crippen LogP contribution in [0.15, 0.2) is 39.5 Å². The van der Waals surface area contributed by atoms with Crippen molar-refractivity contribution in [2.75, 3.05) is 13.4 Å². The van der Waals surface area contributed by atoms with Crippen LogP contribution >= 0.6 is 0 Å². The van der Waals surface area contributed by atoms with Crippen LogP contribution in [0.4, 0.5) is 0 Å². The van der Waals surface area contributed by atoms with Gasteiger partial charge in [0.2, 0.25) is 6.79 Å². The van der Waals surface area contributed by atoms with Crippen LogP contribution in [0.1, 0.15) is 39.9 Å². The number of ether oxygens (including phenoxy) is 3. The van der Waals surface area contributed by atoms with Crippen molar-refractivity contribution in [2.24, 2.45) is 0 Å². The van der Waals surface area contributed by atoms with E-state index in [1.807, 2.05) is 19.1 Å². The fourth-order valence-electron chi connectivity index (χ4n) is 4.08. The zero-order valence-corrected chi connectivity index (χ0v) is 16.1. The predicted molar refractivity (Wildman–Crippen MR) is 106 cm³/mol. The quantitative estimate of drug-likeness (QED) is 0.494. The van der Waals surface area contributed by atoms with Gasteiger partial charge >= 0.3 is 5.63 Å². The molecule has 0 atom stereocenters. The zero-order valence-electron chi connectivity index (χ0n) is 16.1. The highest BCUT2D eigenvalue weighted by atomic mass is 16.7. The third kappa shape index (κ3) is 3.14. The largest absolute Gasteiger partial charge is 0.485 e. The van der Waals surface area contributed by atoms with Gasteiger partial charge in [-0.15, -0.1) is 0 Å². The fraction of sp³-hybridized carbons (Fsp3) is 0.304. The molecule has 0 spiro atoms. The minimum Gasteiger partial charge on any atom is -0.485 e. The Morgan fingerprint density at radius 2 is 1.83 bits per heavy atom. The van der Waals surface area contributed by atoms with Crippen molar-refractivity contribution < 1.29 is 23.4 Å². The van der Waals surface area contributed by atoms with E-state index in [9.17, 15) is 9.59 Å². The van der Waals surface area contributed by atoms with E-state index in [2.05, 4.69) is 0 Å². The molecule has 0 N–H and O–H groups in total. The lowest BCUT2D eigenvalue weighted by Gasteiger charge is -2.18. The molecule has 0 saturated heterocycles. The molecule has 0 fully saturated rings. The molecule has 3 aromatic rings. The van der Waals surface area contributed by atoms with Gasteiger partial charge in [-0.25, -0.2) is 4.79 Å². The van der Waals surface area contributed by atoms with Crippen molar-refractivity contribution in [3.05, 3.63) is 63.0 Å². The van der Waals surface area contributed by atoms with Gasteiger partial charge in [-0.05, 0) is 74.1 Å². The molecule has 1 aliphatic heterocycles. The first-order chi connectivity index (χ1) is 14.1. The summed E-state index contributed by atoms with van der Waals surface area (Å²) in [6, 6.07) is 8.84. The van der Waals surface area contributed by atoms with Gasteiger partial charge < -0.3 is 18.6 Å². The Morgan fingerprint density at radius 1 is 1.03 bits per heavy atom. The summed E-state index contributed by atoms with van der Waals surface area (Å²) < 4.78 is 22.2. The summed E-state index contributed by atoms with van der Waals surface area (Å²) in [5.41, 5.74) is 3.38. The molecule has 5 rings (SSSR count). The van der Waals surface area contributed by atoms with Crippen LogP contribution in [0.2, 0.25) is 0 Å². The minimum absolute atomic E-state index is 0.119. The number of ketones is 1. The first-order valence-corrected chi connectivity index (χ1v) is 9.75. The molecule has 2 aliphatic rings. The van der Waals surface area contributed by atoms with Gasteiger partial charge in [-0.1, -0.05) is 0 Å². The molecule has 2 aromatic carbocycles. The van der Waals surface area contributed by atoms with E-state index in [1.54, 1.807) is 18.2 Å². The first kappa shape index (κ1) is 17.8. The number of rotatable bonds is 4. The second-order valence-electron chi connectivity index (χ2n) is 7.47. The monoisotopic (exact) mass is 392 g/mol. The van der Waals surface area contributed by atoms with Crippen molar-refractivity contribution in [1.29, 1.82) is 0 Å². The van der Waals surface area contributed by atoms with Gasteiger partial charge in [0.05, 0.1) is 5.39 Å². The number of hydrogen-bond donors (Lipinski definition) is 0. The summed E-state index contributed by atoms with van der Waals surface area (Å²) in [6.07, 6.45) is 3.53. The van der Waals surface area contributed by atoms with E-state index in [4.69, 9.17) is 18.6 Å². The first-order valence-electron chi connectivity index (χ1n) is 9.75. The lowest BCUT2D eigenvalue weighted by molar-refractivity contribution is 0.0922. The molecule has 6 heteroatoms. The van der Waals surface area contributed by atoms with Crippen molar-refractivity contribution in [2.45, 2.75) is 32.6 Å². The Hall–Kier alpha value is -3.28. The zero-order chi connectivity index (χ0) is 20.0. The molecule has 148 valence electrons. The molecule has 0 unspecified atom stereocenters. The third-order valence-electron chi connectivity index (χ3n) is 5.48. The van der Waals surface area contributed by atoms with Crippen LogP contribution in [0.25, 0.3) is 11.0 Å². The molecular weight excluding hydrogens is 372 g/mol. The van der Waals surface area contributed by atoms with Crippen LogP contribution < -0.4 is 19.8 Å². The average molecular weight is 392 g/mol. The Balaban J connectivity index is 1.48. The van der Waals surface area contributed by atoms with E-state index in [-0.39, 0.29) is 24.8 Å². The normalized spacial score (nSPS) is 14.7. The van der Waals surface area contributed by atoms with Crippen molar-refractivity contribution in [3.8, 4) is 17.2 Å². The Morgan fingerprint density at radius 3 is 2.69 bits per heavy atom. The summed E-state index contributed by atoms with van der Waals surface area (Å²) in [7, 11) is 0. The molecule has 1 aliphatic carbocycles. The summed E-state index contributed by atoms with van der Waals surface area (Å²) in [6.45, 7) is 1.95. The molecule has 0 amide bonds. The second-order valence-corrected chi connectivity index (χ2v) is 7.47. The molecule has 29 heavy (non-hydrogen) atoms. The van der Waals surface area contributed by atoms with Gasteiger partial charge in [0, 0.05) is 11.1 Å². The predicted octanol–water partition coefficient (Wildman–Crippen LogP) is 3.97. The highest BCUT2D eigenvalue weighted by molar-refractivity contribution is 5.98. The van der Waals surface area contributed by atoms with Crippen LogP contribution in [0, 0.1) is 6.92 Å². The van der Waals surface area contributed by atoms with Crippen molar-refractivity contribution >= 4 is 16.8 Å². The average Bonchev–Trinajstić information content (AvgIpc) is 3.19. The highest BCUT2D eigenvalue weighted by Crippen LogP contribution is 2.35. The number of fused-ring (bicyclic) bond motifs is 4. The molecule has 0 radical (unpaired) electrons. The van der Waals surface area contributed by atoms with Crippen LogP contribution in [0.3, 0.4) is 0 Å². The van der Waals surface area contributed by atoms with Gasteiger partial charge in [0.1, 0.15) is 11.3 Å². The SMILES string of the molecule is Cc1cc(OCC(=O)c2ccc3c(c2)OCO3)c2c3c(c(=O)oc2c1)CCCC3. The Kier molecular flexibility index (Phi) is 4.27. The van der Waals surface area contributed by atoms with Gasteiger partial charge in [-0.2, -0.15) is 0 Å². The summed E-state index contributed by atoms with van der Waals surface area (Å²) >= 11 is 0. The summed E-state index contributed by atoms with van der Waals surface area (Å²) in [5, 5.41) is 0.809. The van der Waals surface area contributed by atoms with E-state index in [1.165, 1.54) is 0 Å². The number of carbonyl (C=O) groups is 1. The van der Waals surface area contributed by atoms with Crippen LogP contribution in [-0.4, -0.2) is 19.2 Å². The minimum atomic E-state index is -0.264. The third-order valence-corrected chi connectivity index (χ3v) is 5.48. The van der Waals surface area contributed by atoms with Gasteiger partial charge in [-0.3, -0.25) is 4.79 Å². The van der Waals surface area contributed by atoms with Crippen molar-refractivity contribution in [3.63, 3.8) is 0 Å². The van der Waals surface area contributed by atoms with Crippen LogP contribution in [-0.2, 0) is 12.8 Å². The van der Waals surface area contributed by atoms with E-state index in [0.29, 0.717) is 28.4 Å². The van der Waals surface area contributed by atoms with E-state index in [0.717, 1.165) is 47.8 Å². The highest BCUT2D eigenvalue weighted by Gasteiger charge is 2.22. The molecule has 2 heterocycles. The maximum absolute atomic E-state index is 12.7. The Bertz CT molecular complexity index is 1190. The number of carbonyl (C=O) groups excluding carboxylic acids is 1. The molecule has 6 nitrogen and oxygen atoms in total. The maximum atomic E-state index is 12.7. The Labute approximate surface area is 167 Å². The number of benzene rings is 2. The topological polar surface area (TPSA) is 75.0 Å². The number of hydrogen-bond acceptors (Lipinski definition) is 6. The van der Waals surface area contributed by atoms with Crippen LogP contribution in [0.5, 0.6) is 17.2 Å². The number of Topliss-reactive ketones (excluding diaryl/α,β-unsaturated/α-hetero) is 1. The summed E-state index contributed by atoms with van der Waals surface area (Å²) in [5.74, 6) is 1.61. The lowest BCUT2D eigenvalue weighted by Crippen LogP contribution is -2.17. The molecular formula is C23H20O6. The maximum Gasteiger partial charge on any atom is 0.339 e. The standard InChI is InChI=1S/C23H20O6/c1-13-8-20(22-15-4-2-3-5-16(15)23(25)29-21(22)9-13)26-11-17(24)14-6-7-18-19(10-14)28-12-27-18/h6-10H,2-5,11-12H2,1H3. The van der Waals surface area contributed by atoms with Crippen molar-refractivity contribution in [1.82, 2.24) is 0 Å².